The molecule has 0 saturated carbocycles. The van der Waals surface area contributed by atoms with Crippen LogP contribution in [0.25, 0.3) is 22.5 Å². The van der Waals surface area contributed by atoms with E-state index in [4.69, 9.17) is 0 Å². The topological polar surface area (TPSA) is 30.7 Å². The van der Waals surface area contributed by atoms with Crippen LogP contribution in [0.1, 0.15) is 24.0 Å². The second-order valence-electron chi connectivity index (χ2n) is 5.76. The molecular weight excluding hydrogens is 258 g/mol. The van der Waals surface area contributed by atoms with E-state index in [0.29, 0.717) is 5.92 Å². The summed E-state index contributed by atoms with van der Waals surface area (Å²) in [6.07, 6.45) is 1.03. The summed E-state index contributed by atoms with van der Waals surface area (Å²) in [5, 5.41) is 8.71. The molecule has 3 heteroatoms. The molecule has 0 N–H and O–H groups in total. The predicted molar refractivity (Wildman–Crippen MR) is 84.0 cm³/mol. The first kappa shape index (κ1) is 12.3. The van der Waals surface area contributed by atoms with E-state index in [1.807, 2.05) is 11.7 Å². The molecule has 0 aliphatic heterocycles. The minimum absolute atomic E-state index is 0.477. The van der Waals surface area contributed by atoms with Crippen molar-refractivity contribution >= 4 is 0 Å². The molecule has 0 fully saturated rings. The van der Waals surface area contributed by atoms with Gasteiger partial charge in [-0.15, -0.1) is 5.10 Å². The Morgan fingerprint density at radius 3 is 2.57 bits per heavy atom. The van der Waals surface area contributed by atoms with Crippen molar-refractivity contribution in [2.45, 2.75) is 19.3 Å². The number of nitrogens with zero attached hydrogens (tertiary/aromatic N) is 3. The largest absolute Gasteiger partial charge is 0.247 e. The second kappa shape index (κ2) is 4.55. The number of aromatic nitrogens is 3. The Hall–Kier alpha value is -2.42. The van der Waals surface area contributed by atoms with Crippen molar-refractivity contribution in [1.29, 1.82) is 0 Å². The maximum Gasteiger partial charge on any atom is 0.121 e. The monoisotopic (exact) mass is 275 g/mol. The zero-order chi connectivity index (χ0) is 14.4. The molecule has 3 aromatic rings. The molecule has 1 unspecified atom stereocenters. The Morgan fingerprint density at radius 2 is 1.71 bits per heavy atom. The Balaban J connectivity index is 2.11. The summed E-state index contributed by atoms with van der Waals surface area (Å²) < 4.78 is 1.89. The molecule has 0 saturated heterocycles. The fraction of sp³-hybridized carbons (Fsp3) is 0.222. The van der Waals surface area contributed by atoms with Gasteiger partial charge in [0.1, 0.15) is 5.69 Å². The van der Waals surface area contributed by atoms with Crippen molar-refractivity contribution in [3.05, 3.63) is 59.7 Å². The number of fused-ring (bicyclic) bond motifs is 5. The molecule has 0 spiro atoms. The summed E-state index contributed by atoms with van der Waals surface area (Å²) in [5.74, 6) is 0.477. The molecule has 3 nitrogen and oxygen atoms in total. The summed E-state index contributed by atoms with van der Waals surface area (Å²) >= 11 is 0. The smallest absolute Gasteiger partial charge is 0.121 e. The van der Waals surface area contributed by atoms with Crippen molar-refractivity contribution in [3.63, 3.8) is 0 Å². The van der Waals surface area contributed by atoms with Crippen molar-refractivity contribution < 1.29 is 0 Å². The van der Waals surface area contributed by atoms with E-state index in [9.17, 15) is 0 Å². The van der Waals surface area contributed by atoms with Crippen LogP contribution in [0.5, 0.6) is 0 Å². The van der Waals surface area contributed by atoms with Gasteiger partial charge in [0.2, 0.25) is 0 Å². The van der Waals surface area contributed by atoms with Crippen LogP contribution in [0.15, 0.2) is 48.5 Å². The number of benzene rings is 2. The standard InChI is InChI=1S/C18H17N3/c1-12-11-13-7-3-4-9-15(13)17-18(21(2)20-19-17)16-10-6-5-8-14(12)16/h3-10,12H,11H2,1-2H3. The first-order valence-corrected chi connectivity index (χ1v) is 7.33. The van der Waals surface area contributed by atoms with Gasteiger partial charge < -0.3 is 0 Å². The Bertz CT molecular complexity index is 817. The summed E-state index contributed by atoms with van der Waals surface area (Å²) in [5.41, 5.74) is 7.29. The van der Waals surface area contributed by atoms with Crippen LogP contribution in [0, 0.1) is 0 Å². The lowest BCUT2D eigenvalue weighted by Crippen LogP contribution is -2.07. The highest BCUT2D eigenvalue weighted by atomic mass is 15.4. The van der Waals surface area contributed by atoms with Gasteiger partial charge in [0.05, 0.1) is 5.69 Å². The fourth-order valence-electron chi connectivity index (χ4n) is 3.35. The third-order valence-corrected chi connectivity index (χ3v) is 4.37. The molecule has 0 amide bonds. The quantitative estimate of drug-likeness (QED) is 0.624. The van der Waals surface area contributed by atoms with Gasteiger partial charge in [-0.3, -0.25) is 0 Å². The van der Waals surface area contributed by atoms with Gasteiger partial charge in [-0.05, 0) is 23.5 Å². The van der Waals surface area contributed by atoms with Crippen LogP contribution in [-0.4, -0.2) is 15.0 Å². The average Bonchev–Trinajstić information content (AvgIpc) is 2.87. The Morgan fingerprint density at radius 1 is 1.00 bits per heavy atom. The summed E-state index contributed by atoms with van der Waals surface area (Å²) in [4.78, 5) is 0. The summed E-state index contributed by atoms with van der Waals surface area (Å²) in [7, 11) is 1.97. The van der Waals surface area contributed by atoms with Gasteiger partial charge in [0.15, 0.2) is 0 Å². The highest BCUT2D eigenvalue weighted by molar-refractivity contribution is 5.82. The first-order chi connectivity index (χ1) is 10.3. The lowest BCUT2D eigenvalue weighted by molar-refractivity contribution is 0.717. The van der Waals surface area contributed by atoms with Crippen LogP contribution in [0.2, 0.25) is 0 Å². The van der Waals surface area contributed by atoms with E-state index < -0.39 is 0 Å². The number of hydrogen-bond acceptors (Lipinski definition) is 2. The normalized spacial score (nSPS) is 16.4. The molecule has 1 aliphatic rings. The van der Waals surface area contributed by atoms with Crippen LogP contribution in [0.3, 0.4) is 0 Å². The van der Waals surface area contributed by atoms with Crippen LogP contribution >= 0.6 is 0 Å². The van der Waals surface area contributed by atoms with E-state index >= 15 is 0 Å². The molecule has 4 rings (SSSR count). The highest BCUT2D eigenvalue weighted by Crippen LogP contribution is 2.40. The average molecular weight is 275 g/mol. The number of rotatable bonds is 0. The minimum Gasteiger partial charge on any atom is -0.247 e. The second-order valence-corrected chi connectivity index (χ2v) is 5.76. The molecule has 1 atom stereocenters. The van der Waals surface area contributed by atoms with E-state index in [1.165, 1.54) is 22.3 Å². The van der Waals surface area contributed by atoms with Gasteiger partial charge >= 0.3 is 0 Å². The number of aryl methyl sites for hydroxylation is 1. The maximum absolute atomic E-state index is 4.44. The van der Waals surface area contributed by atoms with Crippen molar-refractivity contribution in [2.24, 2.45) is 7.05 Å². The summed E-state index contributed by atoms with van der Waals surface area (Å²) in [6, 6.07) is 17.2. The number of hydrogen-bond donors (Lipinski definition) is 0. The van der Waals surface area contributed by atoms with Gasteiger partial charge in [0, 0.05) is 18.2 Å². The molecule has 1 aliphatic carbocycles. The third-order valence-electron chi connectivity index (χ3n) is 4.37. The maximum atomic E-state index is 4.44. The third kappa shape index (κ3) is 1.81. The minimum atomic E-state index is 0.477. The van der Waals surface area contributed by atoms with Gasteiger partial charge in [-0.1, -0.05) is 60.7 Å². The molecule has 104 valence electrons. The van der Waals surface area contributed by atoms with Crippen LogP contribution in [0.4, 0.5) is 0 Å². The van der Waals surface area contributed by atoms with Crippen LogP contribution < -0.4 is 0 Å². The summed E-state index contributed by atoms with van der Waals surface area (Å²) in [6.45, 7) is 2.30. The van der Waals surface area contributed by atoms with Gasteiger partial charge in [-0.2, -0.15) is 0 Å². The van der Waals surface area contributed by atoms with Gasteiger partial charge in [0.25, 0.3) is 0 Å². The molecule has 2 aromatic carbocycles. The lowest BCUT2D eigenvalue weighted by Gasteiger charge is -2.22. The molecule has 1 heterocycles. The zero-order valence-corrected chi connectivity index (χ0v) is 12.2. The van der Waals surface area contributed by atoms with E-state index in [1.54, 1.807) is 0 Å². The Kier molecular flexibility index (Phi) is 2.67. The molecular formula is C18H17N3. The lowest BCUT2D eigenvalue weighted by atomic mass is 9.83. The predicted octanol–water partition coefficient (Wildman–Crippen LogP) is 3.81. The van der Waals surface area contributed by atoms with E-state index in [-0.39, 0.29) is 0 Å². The van der Waals surface area contributed by atoms with Crippen molar-refractivity contribution in [1.82, 2.24) is 15.0 Å². The molecule has 0 radical (unpaired) electrons. The molecule has 1 aromatic heterocycles. The SMILES string of the molecule is CC1Cc2ccccc2-c2nnn(C)c2-c2ccccc21. The van der Waals surface area contributed by atoms with E-state index in [2.05, 4.69) is 65.8 Å². The van der Waals surface area contributed by atoms with Gasteiger partial charge in [-0.25, -0.2) is 4.68 Å². The fourth-order valence-corrected chi connectivity index (χ4v) is 3.35. The van der Waals surface area contributed by atoms with Crippen LogP contribution in [-0.2, 0) is 13.5 Å². The highest BCUT2D eigenvalue weighted by Gasteiger charge is 2.24. The van der Waals surface area contributed by atoms with E-state index in [0.717, 1.165) is 17.8 Å². The Labute approximate surface area is 124 Å². The first-order valence-electron chi connectivity index (χ1n) is 7.33. The van der Waals surface area contributed by atoms with Crippen molar-refractivity contribution in [3.8, 4) is 22.5 Å². The zero-order valence-electron chi connectivity index (χ0n) is 12.2. The molecule has 21 heavy (non-hydrogen) atoms. The molecule has 0 bridgehead atoms. The van der Waals surface area contributed by atoms with Crippen molar-refractivity contribution in [2.75, 3.05) is 0 Å².